The molecule has 2 rings (SSSR count). The summed E-state index contributed by atoms with van der Waals surface area (Å²) in [6.45, 7) is 5.71. The molecule has 0 radical (unpaired) electrons. The van der Waals surface area contributed by atoms with Crippen molar-refractivity contribution < 1.29 is 9.53 Å². The van der Waals surface area contributed by atoms with Gasteiger partial charge in [-0.05, 0) is 20.8 Å². The number of nitrogens with zero attached hydrogens (tertiary/aromatic N) is 5. The van der Waals surface area contributed by atoms with E-state index in [1.54, 1.807) is 27.0 Å². The topological polar surface area (TPSA) is 94.8 Å². The summed E-state index contributed by atoms with van der Waals surface area (Å²) in [5.74, 6) is -0.101. The van der Waals surface area contributed by atoms with Gasteiger partial charge in [-0.2, -0.15) is 0 Å². The molecule has 124 valence electrons. The minimum absolute atomic E-state index is 0.0102. The zero-order valence-electron chi connectivity index (χ0n) is 12.9. The van der Waals surface area contributed by atoms with E-state index in [2.05, 4.69) is 25.6 Å². The van der Waals surface area contributed by atoms with E-state index in [1.165, 1.54) is 10.7 Å². The third-order valence-corrected chi connectivity index (χ3v) is 2.78. The minimum Gasteiger partial charge on any atom is -0.459 e. The first kappa shape index (κ1) is 17.4. The van der Waals surface area contributed by atoms with Gasteiger partial charge in [0.2, 0.25) is 5.95 Å². The van der Waals surface area contributed by atoms with Crippen molar-refractivity contribution >= 4 is 35.1 Å². The Morgan fingerprint density at radius 2 is 1.96 bits per heavy atom. The molecule has 0 unspecified atom stereocenters. The highest BCUT2D eigenvalue weighted by molar-refractivity contribution is 6.33. The molecule has 10 heteroatoms. The highest BCUT2D eigenvalue weighted by Crippen LogP contribution is 2.14. The summed E-state index contributed by atoms with van der Waals surface area (Å²) in [6.07, 6.45) is 1.63. The Bertz CT molecular complexity index is 678. The Balaban J connectivity index is 1.91. The molecule has 0 saturated carbocycles. The van der Waals surface area contributed by atoms with Crippen LogP contribution in [0.4, 0.5) is 5.95 Å². The molecule has 1 N–H and O–H groups in total. The number of nitrogens with one attached hydrogen (secondary N) is 1. The molecule has 23 heavy (non-hydrogen) atoms. The van der Waals surface area contributed by atoms with Crippen LogP contribution in [-0.4, -0.2) is 36.5 Å². The van der Waals surface area contributed by atoms with E-state index >= 15 is 0 Å². The summed E-state index contributed by atoms with van der Waals surface area (Å²) in [7, 11) is 0. The molecule has 0 spiro atoms. The van der Waals surface area contributed by atoms with Gasteiger partial charge in [0.1, 0.15) is 28.1 Å². The van der Waals surface area contributed by atoms with Crippen LogP contribution in [0, 0.1) is 0 Å². The molecular formula is C13H16Cl2N6O2. The lowest BCUT2D eigenvalue weighted by Gasteiger charge is -2.19. The standard InChI is InChI=1S/C13H16Cl2N6O2/c1-13(2,3)23-11(22)7-21-6-8(19-20-21)5-16-12-17-9(14)4-10(15)18-12/h4,6H,5,7H2,1-3H3,(H,16,17,18). The molecule has 0 aliphatic carbocycles. The fourth-order valence-corrected chi connectivity index (χ4v) is 2.06. The Kier molecular flexibility index (Phi) is 5.38. The van der Waals surface area contributed by atoms with E-state index in [0.717, 1.165) is 0 Å². The normalized spacial score (nSPS) is 11.3. The van der Waals surface area contributed by atoms with Crippen molar-refractivity contribution in [3.8, 4) is 0 Å². The van der Waals surface area contributed by atoms with Gasteiger partial charge in [-0.15, -0.1) is 5.10 Å². The van der Waals surface area contributed by atoms with Crippen LogP contribution >= 0.6 is 23.2 Å². The molecule has 0 aliphatic heterocycles. The number of carbonyl (C=O) groups excluding carboxylic acids is 1. The molecule has 0 fully saturated rings. The van der Waals surface area contributed by atoms with Crippen LogP contribution in [0.5, 0.6) is 0 Å². The van der Waals surface area contributed by atoms with E-state index < -0.39 is 5.60 Å². The van der Waals surface area contributed by atoms with Crippen molar-refractivity contribution in [2.45, 2.75) is 39.5 Å². The highest BCUT2D eigenvalue weighted by Gasteiger charge is 2.17. The van der Waals surface area contributed by atoms with Crippen LogP contribution in [0.15, 0.2) is 12.3 Å². The van der Waals surface area contributed by atoms with Crippen LogP contribution < -0.4 is 5.32 Å². The fourth-order valence-electron chi connectivity index (χ4n) is 1.64. The lowest BCUT2D eigenvalue weighted by molar-refractivity contribution is -0.155. The molecule has 2 heterocycles. The maximum Gasteiger partial charge on any atom is 0.328 e. The summed E-state index contributed by atoms with van der Waals surface area (Å²) in [4.78, 5) is 19.7. The molecule has 2 aromatic rings. The van der Waals surface area contributed by atoms with Crippen molar-refractivity contribution in [2.75, 3.05) is 5.32 Å². The number of rotatable bonds is 5. The van der Waals surface area contributed by atoms with E-state index in [1.807, 2.05) is 0 Å². The molecule has 0 amide bonds. The largest absolute Gasteiger partial charge is 0.459 e. The average Bonchev–Trinajstić information content (AvgIpc) is 2.80. The lowest BCUT2D eigenvalue weighted by Crippen LogP contribution is -2.26. The maximum atomic E-state index is 11.7. The van der Waals surface area contributed by atoms with E-state index in [4.69, 9.17) is 27.9 Å². The van der Waals surface area contributed by atoms with E-state index in [0.29, 0.717) is 12.2 Å². The molecule has 0 aliphatic rings. The minimum atomic E-state index is -0.536. The number of aromatic nitrogens is 5. The third-order valence-electron chi connectivity index (χ3n) is 2.39. The van der Waals surface area contributed by atoms with Gasteiger partial charge in [0, 0.05) is 6.07 Å². The third kappa shape index (κ3) is 5.99. The molecule has 0 aromatic carbocycles. The van der Waals surface area contributed by atoms with Gasteiger partial charge in [0.15, 0.2) is 0 Å². The van der Waals surface area contributed by atoms with Crippen LogP contribution in [0.2, 0.25) is 10.3 Å². The van der Waals surface area contributed by atoms with Crippen molar-refractivity contribution in [3.05, 3.63) is 28.3 Å². The van der Waals surface area contributed by atoms with E-state index in [-0.39, 0.29) is 28.8 Å². The first-order chi connectivity index (χ1) is 10.7. The monoisotopic (exact) mass is 358 g/mol. The fraction of sp³-hybridized carbons (Fsp3) is 0.462. The van der Waals surface area contributed by atoms with Gasteiger partial charge < -0.3 is 10.1 Å². The zero-order valence-corrected chi connectivity index (χ0v) is 14.4. The number of halogens is 2. The number of esters is 1. The van der Waals surface area contributed by atoms with Crippen molar-refractivity contribution in [1.29, 1.82) is 0 Å². The van der Waals surface area contributed by atoms with Gasteiger partial charge in [0.05, 0.1) is 12.7 Å². The summed E-state index contributed by atoms with van der Waals surface area (Å²) < 4.78 is 6.61. The second-order valence-electron chi connectivity index (χ2n) is 5.68. The number of anilines is 1. The molecule has 0 bridgehead atoms. The molecule has 0 saturated heterocycles. The Labute approximate surface area is 143 Å². The van der Waals surface area contributed by atoms with Crippen LogP contribution in [0.3, 0.4) is 0 Å². The number of hydrogen-bond acceptors (Lipinski definition) is 7. The first-order valence-corrected chi connectivity index (χ1v) is 7.52. The van der Waals surface area contributed by atoms with E-state index in [9.17, 15) is 4.79 Å². The summed E-state index contributed by atoms with van der Waals surface area (Å²) in [5, 5.41) is 11.2. The van der Waals surface area contributed by atoms with Gasteiger partial charge in [-0.25, -0.2) is 14.6 Å². The van der Waals surface area contributed by atoms with Gasteiger partial charge in [-0.3, -0.25) is 4.79 Å². The van der Waals surface area contributed by atoms with Gasteiger partial charge in [-0.1, -0.05) is 28.4 Å². The number of hydrogen-bond donors (Lipinski definition) is 1. The Morgan fingerprint density at radius 1 is 1.30 bits per heavy atom. The average molecular weight is 359 g/mol. The maximum absolute atomic E-state index is 11.7. The van der Waals surface area contributed by atoms with Crippen molar-refractivity contribution in [2.24, 2.45) is 0 Å². The SMILES string of the molecule is CC(C)(C)OC(=O)Cn1cc(CNc2nc(Cl)cc(Cl)n2)nn1. The summed E-state index contributed by atoms with van der Waals surface area (Å²) in [6, 6.07) is 1.44. The zero-order chi connectivity index (χ0) is 17.0. The second-order valence-corrected chi connectivity index (χ2v) is 6.46. The molecular weight excluding hydrogens is 343 g/mol. The highest BCUT2D eigenvalue weighted by atomic mass is 35.5. The van der Waals surface area contributed by atoms with Crippen LogP contribution in [-0.2, 0) is 22.6 Å². The predicted molar refractivity (Wildman–Crippen MR) is 85.2 cm³/mol. The molecule has 0 atom stereocenters. The van der Waals surface area contributed by atoms with Gasteiger partial charge in [0.25, 0.3) is 0 Å². The molecule has 2 aromatic heterocycles. The summed E-state index contributed by atoms with van der Waals surface area (Å²) in [5.41, 5.74) is 0.0684. The van der Waals surface area contributed by atoms with Gasteiger partial charge >= 0.3 is 5.97 Å². The van der Waals surface area contributed by atoms with Crippen molar-refractivity contribution in [1.82, 2.24) is 25.0 Å². The quantitative estimate of drug-likeness (QED) is 0.647. The first-order valence-electron chi connectivity index (χ1n) is 6.76. The smallest absolute Gasteiger partial charge is 0.328 e. The Hall–Kier alpha value is -1.93. The number of carbonyl (C=O) groups is 1. The van der Waals surface area contributed by atoms with Crippen LogP contribution in [0.25, 0.3) is 0 Å². The lowest BCUT2D eigenvalue weighted by atomic mass is 10.2. The van der Waals surface area contributed by atoms with Crippen LogP contribution in [0.1, 0.15) is 26.5 Å². The predicted octanol–water partition coefficient (Wildman–Crippen LogP) is 2.33. The summed E-state index contributed by atoms with van der Waals surface area (Å²) >= 11 is 11.6. The van der Waals surface area contributed by atoms with Crippen molar-refractivity contribution in [3.63, 3.8) is 0 Å². The Morgan fingerprint density at radius 3 is 2.57 bits per heavy atom. The second kappa shape index (κ2) is 7.10. The number of ether oxygens (including phenoxy) is 1. The molecule has 8 nitrogen and oxygen atoms in total.